The van der Waals surface area contributed by atoms with Crippen molar-refractivity contribution in [3.8, 4) is 6.07 Å². The van der Waals surface area contributed by atoms with Crippen molar-refractivity contribution in [3.05, 3.63) is 16.8 Å². The van der Waals surface area contributed by atoms with Crippen molar-refractivity contribution in [2.75, 3.05) is 64.3 Å². The van der Waals surface area contributed by atoms with Crippen molar-refractivity contribution >= 4 is 17.6 Å². The fourth-order valence-corrected chi connectivity index (χ4v) is 5.27. The number of hydrogen-bond acceptors (Lipinski definition) is 6. The van der Waals surface area contributed by atoms with Crippen LogP contribution in [0, 0.1) is 25.2 Å². The zero-order chi connectivity index (χ0) is 24.1. The lowest BCUT2D eigenvalue weighted by atomic mass is 10.1. The van der Waals surface area contributed by atoms with Crippen molar-refractivity contribution in [2.24, 2.45) is 0 Å². The third kappa shape index (κ3) is 5.80. The normalized spacial score (nSPS) is 22.0. The van der Waals surface area contributed by atoms with Gasteiger partial charge >= 0.3 is 0 Å². The Morgan fingerprint density at radius 2 is 1.68 bits per heavy atom. The topological polar surface area (TPSA) is 93.8 Å². The molecule has 4 rings (SSSR count). The van der Waals surface area contributed by atoms with Crippen LogP contribution in [0.25, 0.3) is 0 Å². The van der Waals surface area contributed by atoms with E-state index in [4.69, 9.17) is 4.74 Å². The van der Waals surface area contributed by atoms with E-state index in [1.807, 2.05) is 23.3 Å². The first-order valence-electron chi connectivity index (χ1n) is 12.7. The Balaban J connectivity index is 1.30. The average molecular weight is 471 g/mol. The molecule has 3 saturated heterocycles. The van der Waals surface area contributed by atoms with Gasteiger partial charge in [-0.15, -0.1) is 0 Å². The molecule has 9 nitrogen and oxygen atoms in total. The summed E-state index contributed by atoms with van der Waals surface area (Å²) in [5.41, 5.74) is 2.43. The minimum absolute atomic E-state index is 0.111. The van der Waals surface area contributed by atoms with E-state index in [-0.39, 0.29) is 24.5 Å². The molecule has 0 aliphatic carbocycles. The summed E-state index contributed by atoms with van der Waals surface area (Å²) >= 11 is 0. The standard InChI is InChI=1S/C25H38N6O3/c1-19-20(2)31(16-21-7-6-14-34-21)25(22(19)15-26)27-23(32)17-28-10-12-29(13-11-28)18-24(33)30-8-4-3-5-9-30/h21H,3-14,16-18H2,1-2H3,(H,27,32)/t21-/m1/s1. The first-order chi connectivity index (χ1) is 16.5. The minimum Gasteiger partial charge on any atom is -0.376 e. The maximum absolute atomic E-state index is 12.9. The van der Waals surface area contributed by atoms with Crippen LogP contribution in [0.5, 0.6) is 0 Å². The van der Waals surface area contributed by atoms with Gasteiger partial charge in [-0.1, -0.05) is 0 Å². The first-order valence-corrected chi connectivity index (χ1v) is 12.7. The highest BCUT2D eigenvalue weighted by Crippen LogP contribution is 2.28. The Morgan fingerprint density at radius 3 is 2.29 bits per heavy atom. The molecule has 0 unspecified atom stereocenters. The molecule has 186 valence electrons. The third-order valence-corrected chi connectivity index (χ3v) is 7.51. The SMILES string of the molecule is Cc1c(C#N)c(NC(=O)CN2CCN(CC(=O)N3CCCCC3)CC2)n(C[C@H]2CCCO2)c1C. The Bertz CT molecular complexity index is 916. The Morgan fingerprint density at radius 1 is 1.00 bits per heavy atom. The number of aromatic nitrogens is 1. The van der Waals surface area contributed by atoms with Gasteiger partial charge in [0.2, 0.25) is 11.8 Å². The molecule has 0 saturated carbocycles. The molecule has 3 aliphatic rings. The number of carbonyl (C=O) groups excluding carboxylic acids is 2. The van der Waals surface area contributed by atoms with Crippen molar-refractivity contribution in [3.63, 3.8) is 0 Å². The highest BCUT2D eigenvalue weighted by Gasteiger charge is 2.26. The van der Waals surface area contributed by atoms with Crippen LogP contribution in [0.1, 0.15) is 48.9 Å². The van der Waals surface area contributed by atoms with Crippen LogP contribution in [0.3, 0.4) is 0 Å². The van der Waals surface area contributed by atoms with Crippen molar-refractivity contribution < 1.29 is 14.3 Å². The summed E-state index contributed by atoms with van der Waals surface area (Å²) in [6.07, 6.45) is 5.60. The number of nitrogens with zero attached hydrogens (tertiary/aromatic N) is 5. The molecular formula is C25H38N6O3. The second kappa shape index (κ2) is 11.3. The first kappa shape index (κ1) is 24.7. The van der Waals surface area contributed by atoms with Gasteiger partial charge in [0.25, 0.3) is 0 Å². The molecule has 1 aromatic heterocycles. The molecule has 34 heavy (non-hydrogen) atoms. The Hall–Kier alpha value is -2.41. The van der Waals surface area contributed by atoms with Gasteiger partial charge in [-0.3, -0.25) is 19.4 Å². The lowest BCUT2D eigenvalue weighted by Gasteiger charge is -2.35. The second-order valence-electron chi connectivity index (χ2n) is 9.83. The molecule has 0 spiro atoms. The van der Waals surface area contributed by atoms with Crippen LogP contribution in [0.4, 0.5) is 5.82 Å². The molecular weight excluding hydrogens is 432 g/mol. The number of likely N-dealkylation sites (tertiary alicyclic amines) is 1. The van der Waals surface area contributed by atoms with Crippen molar-refractivity contribution in [1.82, 2.24) is 19.3 Å². The summed E-state index contributed by atoms with van der Waals surface area (Å²) < 4.78 is 7.83. The van der Waals surface area contributed by atoms with Gasteiger partial charge in [0.05, 0.1) is 31.3 Å². The van der Waals surface area contributed by atoms with Crippen LogP contribution in [-0.4, -0.2) is 96.2 Å². The van der Waals surface area contributed by atoms with E-state index in [1.165, 1.54) is 6.42 Å². The number of hydrogen-bond donors (Lipinski definition) is 1. The quantitative estimate of drug-likeness (QED) is 0.652. The van der Waals surface area contributed by atoms with Crippen molar-refractivity contribution in [1.29, 1.82) is 5.26 Å². The van der Waals surface area contributed by atoms with Crippen LogP contribution < -0.4 is 5.32 Å². The Kier molecular flexibility index (Phi) is 8.24. The summed E-state index contributed by atoms with van der Waals surface area (Å²) in [6, 6.07) is 2.28. The number of rotatable bonds is 7. The van der Waals surface area contributed by atoms with Gasteiger partial charge in [0.15, 0.2) is 0 Å². The van der Waals surface area contributed by atoms with E-state index in [0.29, 0.717) is 24.5 Å². The molecule has 1 atom stereocenters. The predicted octanol–water partition coefficient (Wildman–Crippen LogP) is 1.72. The van der Waals surface area contributed by atoms with Gasteiger partial charge in [-0.05, 0) is 51.5 Å². The minimum atomic E-state index is -0.111. The molecule has 1 aromatic rings. The smallest absolute Gasteiger partial charge is 0.239 e. The average Bonchev–Trinajstić information content (AvgIpc) is 3.43. The molecule has 9 heteroatoms. The number of piperidine rings is 1. The molecule has 3 fully saturated rings. The fraction of sp³-hybridized carbons (Fsp3) is 0.720. The maximum atomic E-state index is 12.9. The van der Waals surface area contributed by atoms with E-state index in [9.17, 15) is 14.9 Å². The molecule has 0 aromatic carbocycles. The zero-order valence-corrected chi connectivity index (χ0v) is 20.6. The third-order valence-electron chi connectivity index (χ3n) is 7.51. The summed E-state index contributed by atoms with van der Waals surface area (Å²) in [5.74, 6) is 0.705. The van der Waals surface area contributed by atoms with Gasteiger partial charge in [0.1, 0.15) is 11.9 Å². The summed E-state index contributed by atoms with van der Waals surface area (Å²) in [7, 11) is 0. The zero-order valence-electron chi connectivity index (χ0n) is 20.6. The van der Waals surface area contributed by atoms with Crippen LogP contribution in [0.15, 0.2) is 0 Å². The van der Waals surface area contributed by atoms with E-state index in [1.54, 1.807) is 0 Å². The second-order valence-corrected chi connectivity index (χ2v) is 9.83. The van der Waals surface area contributed by atoms with E-state index >= 15 is 0 Å². The van der Waals surface area contributed by atoms with Gasteiger partial charge in [-0.25, -0.2) is 0 Å². The van der Waals surface area contributed by atoms with E-state index < -0.39 is 0 Å². The molecule has 0 bridgehead atoms. The molecule has 1 N–H and O–H groups in total. The molecule has 4 heterocycles. The largest absolute Gasteiger partial charge is 0.376 e. The van der Waals surface area contributed by atoms with Crippen molar-refractivity contribution in [2.45, 2.75) is 58.6 Å². The highest BCUT2D eigenvalue weighted by atomic mass is 16.5. The van der Waals surface area contributed by atoms with Crippen LogP contribution in [-0.2, 0) is 20.9 Å². The number of carbonyl (C=O) groups is 2. The number of amides is 2. The highest BCUT2D eigenvalue weighted by molar-refractivity contribution is 5.93. The summed E-state index contributed by atoms with van der Waals surface area (Å²) in [6.45, 7) is 10.9. The number of nitriles is 1. The van der Waals surface area contributed by atoms with Crippen LogP contribution in [0.2, 0.25) is 0 Å². The predicted molar refractivity (Wildman–Crippen MR) is 130 cm³/mol. The molecule has 3 aliphatic heterocycles. The molecule has 2 amide bonds. The summed E-state index contributed by atoms with van der Waals surface area (Å²) in [5, 5.41) is 12.8. The van der Waals surface area contributed by atoms with Gasteiger partial charge in [-0.2, -0.15) is 5.26 Å². The van der Waals surface area contributed by atoms with E-state index in [2.05, 4.69) is 21.2 Å². The number of nitrogens with one attached hydrogen (secondary N) is 1. The van der Waals surface area contributed by atoms with E-state index in [0.717, 1.165) is 82.8 Å². The molecule has 0 radical (unpaired) electrons. The summed E-state index contributed by atoms with van der Waals surface area (Å²) in [4.78, 5) is 31.8. The monoisotopic (exact) mass is 470 g/mol. The maximum Gasteiger partial charge on any atom is 0.239 e. The lowest BCUT2D eigenvalue weighted by Crippen LogP contribution is -2.51. The lowest BCUT2D eigenvalue weighted by molar-refractivity contribution is -0.134. The Labute approximate surface area is 202 Å². The number of piperazine rings is 1. The number of anilines is 1. The van der Waals surface area contributed by atoms with Gasteiger partial charge < -0.3 is 19.5 Å². The van der Waals surface area contributed by atoms with Crippen LogP contribution >= 0.6 is 0 Å². The van der Waals surface area contributed by atoms with Gasteiger partial charge in [0, 0.05) is 51.6 Å². The fourth-order valence-electron chi connectivity index (χ4n) is 5.27. The number of ether oxygens (including phenoxy) is 1.